The van der Waals surface area contributed by atoms with Gasteiger partial charge in [-0.25, -0.2) is 0 Å². The number of carbonyl (C=O) groups excluding carboxylic acids is 3. The van der Waals surface area contributed by atoms with Crippen LogP contribution in [0.1, 0.15) is 54.2 Å². The Hall–Kier alpha value is -3.33. The number of benzene rings is 2. The summed E-state index contributed by atoms with van der Waals surface area (Å²) in [6, 6.07) is 11.3. The van der Waals surface area contributed by atoms with E-state index in [1.54, 1.807) is 19.1 Å². The Labute approximate surface area is 240 Å². The molecule has 2 bridgehead atoms. The molecule has 0 radical (unpaired) electrons. The predicted octanol–water partition coefficient (Wildman–Crippen LogP) is 1.79. The van der Waals surface area contributed by atoms with Gasteiger partial charge in [-0.3, -0.25) is 9.59 Å². The average Bonchev–Trinajstić information content (AvgIpc) is 3.37. The van der Waals surface area contributed by atoms with Crippen molar-refractivity contribution in [1.82, 2.24) is 4.90 Å². The number of quaternary nitrogens is 2. The molecule has 0 spiro atoms. The molecule has 4 fully saturated rings. The predicted molar refractivity (Wildman–Crippen MR) is 151 cm³/mol. The fourth-order valence-electron chi connectivity index (χ4n) is 8.71. The van der Waals surface area contributed by atoms with Gasteiger partial charge in [-0.2, -0.15) is 0 Å². The molecule has 4 saturated heterocycles. The number of carboxylic acids is 1. The third-order valence-corrected chi connectivity index (χ3v) is 10.9. The van der Waals surface area contributed by atoms with Gasteiger partial charge in [0.05, 0.1) is 36.3 Å². The first-order valence-corrected chi connectivity index (χ1v) is 15.1. The number of fused-ring (bicyclic) bond motifs is 7. The first kappa shape index (κ1) is 26.6. The zero-order valence-electron chi connectivity index (χ0n) is 24.1. The van der Waals surface area contributed by atoms with E-state index in [-0.39, 0.29) is 23.3 Å². The van der Waals surface area contributed by atoms with Crippen molar-refractivity contribution in [3.8, 4) is 11.1 Å². The van der Waals surface area contributed by atoms with Gasteiger partial charge in [0.15, 0.2) is 5.78 Å². The lowest BCUT2D eigenvalue weighted by molar-refractivity contribution is -1.09. The lowest BCUT2D eigenvalue weighted by Crippen LogP contribution is -2.74. The number of aliphatic hydroxyl groups is 1. The van der Waals surface area contributed by atoms with Crippen molar-refractivity contribution in [2.45, 2.75) is 45.9 Å². The highest BCUT2D eigenvalue weighted by molar-refractivity contribution is 6.22. The van der Waals surface area contributed by atoms with Gasteiger partial charge in [0, 0.05) is 22.6 Å². The molecule has 5 heterocycles. The molecular weight excluding hydrogens is 518 g/mol. The zero-order chi connectivity index (χ0) is 28.8. The van der Waals surface area contributed by atoms with Gasteiger partial charge in [-0.1, -0.05) is 32.0 Å². The van der Waals surface area contributed by atoms with Crippen LogP contribution in [-0.4, -0.2) is 94.6 Å². The van der Waals surface area contributed by atoms with E-state index in [9.17, 15) is 24.6 Å². The number of rotatable bonds is 7. The Kier molecular flexibility index (Phi) is 5.88. The van der Waals surface area contributed by atoms with Crippen LogP contribution >= 0.6 is 0 Å². The molecule has 41 heavy (non-hydrogen) atoms. The molecule has 8 nitrogen and oxygen atoms in total. The van der Waals surface area contributed by atoms with E-state index in [1.807, 2.05) is 19.1 Å². The lowest BCUT2D eigenvalue weighted by Gasteiger charge is -2.55. The molecule has 1 amide bonds. The Morgan fingerprint density at radius 3 is 2.27 bits per heavy atom. The van der Waals surface area contributed by atoms with Gasteiger partial charge in [0.25, 0.3) is 0 Å². The highest BCUT2D eigenvalue weighted by atomic mass is 16.4. The summed E-state index contributed by atoms with van der Waals surface area (Å²) in [7, 11) is 0. The van der Waals surface area contributed by atoms with E-state index in [2.05, 4.69) is 19.1 Å². The maximum Gasteiger partial charge on any atom is 0.235 e. The number of aliphatic hydroxyl groups excluding tert-OH is 1. The number of β-lactam (4-membered cyclic amide) rings is 1. The third kappa shape index (κ3) is 3.73. The van der Waals surface area contributed by atoms with Crippen molar-refractivity contribution in [3.63, 3.8) is 0 Å². The second-order valence-electron chi connectivity index (χ2n) is 13.2. The number of hydrogen-bond donors (Lipinski definition) is 1. The quantitative estimate of drug-likeness (QED) is 0.354. The molecule has 4 atom stereocenters. The van der Waals surface area contributed by atoms with E-state index < -0.39 is 24.0 Å². The minimum Gasteiger partial charge on any atom is -0.543 e. The smallest absolute Gasteiger partial charge is 0.235 e. The number of ketones is 1. The summed E-state index contributed by atoms with van der Waals surface area (Å²) >= 11 is 0. The third-order valence-electron chi connectivity index (χ3n) is 10.9. The number of nitrogens with zero attached hydrogens (tertiary/aromatic N) is 3. The highest BCUT2D eigenvalue weighted by Crippen LogP contribution is 2.51. The molecule has 1 aliphatic carbocycles. The fourth-order valence-corrected chi connectivity index (χ4v) is 8.71. The molecule has 2 aromatic rings. The van der Waals surface area contributed by atoms with E-state index in [0.29, 0.717) is 22.3 Å². The van der Waals surface area contributed by atoms with Crippen LogP contribution in [-0.2, 0) is 16.1 Å². The summed E-state index contributed by atoms with van der Waals surface area (Å²) in [5, 5.41) is 22.4. The molecule has 214 valence electrons. The number of carbonyl (C=O) groups is 3. The molecule has 1 N–H and O–H groups in total. The molecule has 0 aromatic heterocycles. The normalized spacial score (nSPS) is 32.1. The molecule has 8 heteroatoms. The van der Waals surface area contributed by atoms with Crippen LogP contribution in [0.5, 0.6) is 0 Å². The van der Waals surface area contributed by atoms with Crippen LogP contribution < -0.4 is 5.11 Å². The van der Waals surface area contributed by atoms with E-state index >= 15 is 0 Å². The van der Waals surface area contributed by atoms with Crippen LogP contribution in [0.4, 0.5) is 0 Å². The summed E-state index contributed by atoms with van der Waals surface area (Å²) < 4.78 is 2.38. The highest BCUT2D eigenvalue weighted by Gasteiger charge is 2.58. The van der Waals surface area contributed by atoms with Gasteiger partial charge < -0.3 is 28.9 Å². The molecule has 0 saturated carbocycles. The van der Waals surface area contributed by atoms with Gasteiger partial charge in [0.2, 0.25) is 5.91 Å². The Bertz CT molecular complexity index is 1520. The number of hydrogen-bond acceptors (Lipinski definition) is 5. The molecular formula is C33H38N3O5+. The van der Waals surface area contributed by atoms with Crippen molar-refractivity contribution < 1.29 is 33.6 Å². The van der Waals surface area contributed by atoms with E-state index in [1.165, 1.54) is 67.2 Å². The topological polar surface area (TPSA) is 97.7 Å². The van der Waals surface area contributed by atoms with Gasteiger partial charge in [0.1, 0.15) is 45.8 Å². The standard InChI is InChI=1S/C33H38N3O5/c1-4-9-35-10-13-36(14-11-35,15-12-35)18-21-5-7-23-25-17-22(6-8-24(25)31(38)26(23)16-21)27-19(2)29-28(20(3)37)32(39)34(29)30(27)33(40)41/h5-8,16-17,19-20,28-29,37H,4,9-15,18H2,1-3H3/q+1/t19-,20+,28+,29+,35?,36?/m0/s1. The largest absolute Gasteiger partial charge is 0.543 e. The lowest BCUT2D eigenvalue weighted by atomic mass is 9.76. The number of piperazine rings is 3. The van der Waals surface area contributed by atoms with E-state index in [4.69, 9.17) is 0 Å². The summed E-state index contributed by atoms with van der Waals surface area (Å²) in [4.78, 5) is 39.9. The molecule has 6 aliphatic rings. The van der Waals surface area contributed by atoms with Crippen molar-refractivity contribution in [2.75, 3.05) is 45.8 Å². The van der Waals surface area contributed by atoms with Gasteiger partial charge in [-0.15, -0.1) is 0 Å². The first-order valence-electron chi connectivity index (χ1n) is 15.1. The maximum atomic E-state index is 13.5. The molecule has 2 aromatic carbocycles. The summed E-state index contributed by atoms with van der Waals surface area (Å²) in [6.45, 7) is 15.3. The second-order valence-corrected chi connectivity index (χ2v) is 13.2. The maximum absolute atomic E-state index is 13.5. The van der Waals surface area contributed by atoms with Crippen LogP contribution in [0.15, 0.2) is 42.1 Å². The minimum absolute atomic E-state index is 0.000981. The molecule has 8 rings (SSSR count). The Morgan fingerprint density at radius 1 is 0.976 bits per heavy atom. The monoisotopic (exact) mass is 556 g/mol. The Morgan fingerprint density at radius 2 is 1.63 bits per heavy atom. The Balaban J connectivity index is 1.20. The number of carboxylic acid groups (broad SMARTS) is 1. The first-order chi connectivity index (χ1) is 19.6. The van der Waals surface area contributed by atoms with Crippen molar-refractivity contribution >= 4 is 23.2 Å². The SMILES string of the molecule is CCC[N+]12CC[N+](Cc3ccc4c(c3)C(=O)c3ccc(C5=C(C(=O)[O-])N6C(=O)[C@H]([C@@H](C)O)[C@H]6[C@H]5C)cc3-4)(CC1)CC2. The summed E-state index contributed by atoms with van der Waals surface area (Å²) in [5.74, 6) is -2.72. The van der Waals surface area contributed by atoms with Crippen LogP contribution in [0.25, 0.3) is 16.7 Å². The summed E-state index contributed by atoms with van der Waals surface area (Å²) in [6.07, 6.45) is 0.366. The second kappa shape index (κ2) is 9.08. The van der Waals surface area contributed by atoms with Crippen molar-refractivity contribution in [2.24, 2.45) is 11.8 Å². The van der Waals surface area contributed by atoms with Crippen LogP contribution in [0.3, 0.4) is 0 Å². The van der Waals surface area contributed by atoms with Crippen LogP contribution in [0, 0.1) is 11.8 Å². The average molecular weight is 557 g/mol. The molecule has 5 aliphatic heterocycles. The summed E-state index contributed by atoms with van der Waals surface area (Å²) in [5.41, 5.74) is 5.25. The van der Waals surface area contributed by atoms with E-state index in [0.717, 1.165) is 22.2 Å². The van der Waals surface area contributed by atoms with Gasteiger partial charge in [-0.05, 0) is 53.8 Å². The van der Waals surface area contributed by atoms with Gasteiger partial charge >= 0.3 is 0 Å². The number of aliphatic carboxylic acids is 1. The van der Waals surface area contributed by atoms with Crippen LogP contribution in [0.2, 0.25) is 0 Å². The number of amides is 1. The molecule has 0 unspecified atom stereocenters. The zero-order valence-corrected chi connectivity index (χ0v) is 24.1. The minimum atomic E-state index is -1.40. The fraction of sp³-hybridized carbons (Fsp3) is 0.485. The van der Waals surface area contributed by atoms with Crippen molar-refractivity contribution in [3.05, 3.63) is 64.3 Å². The van der Waals surface area contributed by atoms with Crippen molar-refractivity contribution in [1.29, 1.82) is 0 Å².